The molecule has 0 bridgehead atoms. The largest absolute Gasteiger partial charge is 0.461 e. The Morgan fingerprint density at radius 3 is 2.71 bits per heavy atom. The quantitative estimate of drug-likeness (QED) is 0.668. The number of esters is 1. The van der Waals surface area contributed by atoms with Crippen LogP contribution in [0.15, 0.2) is 59.5 Å². The molecule has 2 heterocycles. The van der Waals surface area contributed by atoms with E-state index in [0.717, 1.165) is 27.6 Å². The first kappa shape index (κ1) is 15.0. The van der Waals surface area contributed by atoms with E-state index in [4.69, 9.17) is 4.74 Å². The number of hydrogen-bond donors (Lipinski definition) is 0. The van der Waals surface area contributed by atoms with Crippen molar-refractivity contribution >= 4 is 17.7 Å². The minimum absolute atomic E-state index is 0.340. The fourth-order valence-corrected chi connectivity index (χ4v) is 4.04. The zero-order chi connectivity index (χ0) is 16.5. The number of para-hydroxylation sites is 1. The lowest BCUT2D eigenvalue weighted by Gasteiger charge is -2.18. The number of carbonyl (C=O) groups is 1. The van der Waals surface area contributed by atoms with Gasteiger partial charge in [-0.15, -0.1) is 11.8 Å². The van der Waals surface area contributed by atoms with Gasteiger partial charge in [0.15, 0.2) is 5.69 Å². The zero-order valence-electron chi connectivity index (χ0n) is 13.2. The van der Waals surface area contributed by atoms with Gasteiger partial charge in [-0.25, -0.2) is 9.48 Å². The summed E-state index contributed by atoms with van der Waals surface area (Å²) >= 11 is 1.64. The van der Waals surface area contributed by atoms with Gasteiger partial charge in [-0.05, 0) is 24.6 Å². The molecule has 1 aliphatic heterocycles. The Bertz CT molecular complexity index is 903. The van der Waals surface area contributed by atoms with Crippen molar-refractivity contribution in [2.45, 2.75) is 17.6 Å². The molecule has 0 saturated heterocycles. The second kappa shape index (κ2) is 6.17. The van der Waals surface area contributed by atoms with Crippen molar-refractivity contribution in [3.05, 3.63) is 65.9 Å². The summed E-state index contributed by atoms with van der Waals surface area (Å²) in [6, 6.07) is 18.2. The van der Waals surface area contributed by atoms with Crippen molar-refractivity contribution in [2.75, 3.05) is 6.61 Å². The lowest BCUT2D eigenvalue weighted by atomic mass is 10.0. The molecule has 0 N–H and O–H groups in total. The van der Waals surface area contributed by atoms with Gasteiger partial charge < -0.3 is 4.74 Å². The van der Waals surface area contributed by atoms with Gasteiger partial charge in [-0.2, -0.15) is 5.10 Å². The number of rotatable bonds is 3. The maximum Gasteiger partial charge on any atom is 0.360 e. The van der Waals surface area contributed by atoms with Gasteiger partial charge in [0, 0.05) is 11.3 Å². The molecule has 0 unspecified atom stereocenters. The minimum atomic E-state index is -0.365. The Morgan fingerprint density at radius 2 is 1.92 bits per heavy atom. The highest BCUT2D eigenvalue weighted by Gasteiger charge is 2.30. The summed E-state index contributed by atoms with van der Waals surface area (Å²) in [5.41, 5.74) is 4.67. The highest BCUT2D eigenvalue weighted by Crippen LogP contribution is 2.44. The molecule has 4 rings (SSSR count). The molecule has 1 aromatic heterocycles. The van der Waals surface area contributed by atoms with Gasteiger partial charge in [0.1, 0.15) is 0 Å². The Labute approximate surface area is 144 Å². The van der Waals surface area contributed by atoms with Crippen LogP contribution in [0.1, 0.15) is 23.0 Å². The van der Waals surface area contributed by atoms with Crippen LogP contribution in [0, 0.1) is 0 Å². The Kier molecular flexibility index (Phi) is 3.86. The van der Waals surface area contributed by atoms with E-state index in [1.165, 1.54) is 5.56 Å². The predicted molar refractivity (Wildman–Crippen MR) is 94.5 cm³/mol. The third-order valence-electron chi connectivity index (χ3n) is 3.96. The molecule has 4 nitrogen and oxygen atoms in total. The molecule has 0 saturated carbocycles. The number of benzene rings is 2. The highest BCUT2D eigenvalue weighted by atomic mass is 32.2. The number of aromatic nitrogens is 2. The summed E-state index contributed by atoms with van der Waals surface area (Å²) in [6.07, 6.45) is 0. The third-order valence-corrected chi connectivity index (χ3v) is 5.09. The topological polar surface area (TPSA) is 44.1 Å². The smallest absolute Gasteiger partial charge is 0.360 e. The molecule has 0 amide bonds. The predicted octanol–water partition coefficient (Wildman–Crippen LogP) is 4.32. The third kappa shape index (κ3) is 2.41. The molecular weight excluding hydrogens is 320 g/mol. The number of nitrogens with zero attached hydrogens (tertiary/aromatic N) is 2. The lowest BCUT2D eigenvalue weighted by Crippen LogP contribution is -2.07. The molecule has 5 heteroatoms. The van der Waals surface area contributed by atoms with Crippen LogP contribution >= 0.6 is 11.8 Å². The van der Waals surface area contributed by atoms with Gasteiger partial charge in [0.05, 0.1) is 22.9 Å². The van der Waals surface area contributed by atoms with E-state index in [1.54, 1.807) is 18.7 Å². The molecular formula is C19H16N2O2S. The monoisotopic (exact) mass is 336 g/mol. The molecule has 2 aromatic carbocycles. The molecule has 0 atom stereocenters. The van der Waals surface area contributed by atoms with Crippen molar-refractivity contribution < 1.29 is 9.53 Å². The van der Waals surface area contributed by atoms with Gasteiger partial charge >= 0.3 is 5.97 Å². The van der Waals surface area contributed by atoms with Crippen LogP contribution in [0.2, 0.25) is 0 Å². The van der Waals surface area contributed by atoms with E-state index in [-0.39, 0.29) is 5.97 Å². The maximum atomic E-state index is 12.4. The highest BCUT2D eigenvalue weighted by molar-refractivity contribution is 7.98. The molecule has 0 spiro atoms. The fourth-order valence-electron chi connectivity index (χ4n) is 2.89. The normalized spacial score (nSPS) is 12.4. The molecule has 120 valence electrons. The van der Waals surface area contributed by atoms with Crippen molar-refractivity contribution in [1.82, 2.24) is 9.78 Å². The first-order valence-corrected chi connectivity index (χ1v) is 8.84. The molecule has 1 aliphatic rings. The molecule has 24 heavy (non-hydrogen) atoms. The van der Waals surface area contributed by atoms with Crippen molar-refractivity contribution in [2.24, 2.45) is 0 Å². The first-order valence-electron chi connectivity index (χ1n) is 7.86. The Hall–Kier alpha value is -2.53. The molecule has 0 aliphatic carbocycles. The Balaban J connectivity index is 1.97. The van der Waals surface area contributed by atoms with Crippen LogP contribution in [0.3, 0.4) is 0 Å². The first-order chi connectivity index (χ1) is 11.8. The second-order valence-electron chi connectivity index (χ2n) is 5.44. The van der Waals surface area contributed by atoms with Gasteiger partial charge in [0.25, 0.3) is 0 Å². The van der Waals surface area contributed by atoms with Gasteiger partial charge in [-0.3, -0.25) is 0 Å². The zero-order valence-corrected chi connectivity index (χ0v) is 14.0. The minimum Gasteiger partial charge on any atom is -0.461 e. The van der Waals surface area contributed by atoms with Gasteiger partial charge in [0.2, 0.25) is 0 Å². The van der Waals surface area contributed by atoms with Gasteiger partial charge in [-0.1, -0.05) is 42.5 Å². The summed E-state index contributed by atoms with van der Waals surface area (Å²) in [6.45, 7) is 2.15. The molecule has 0 radical (unpaired) electrons. The summed E-state index contributed by atoms with van der Waals surface area (Å²) in [7, 11) is 0. The van der Waals surface area contributed by atoms with Crippen LogP contribution < -0.4 is 0 Å². The molecule has 3 aromatic rings. The van der Waals surface area contributed by atoms with Crippen molar-refractivity contribution in [1.29, 1.82) is 0 Å². The number of fused-ring (bicyclic) bond motifs is 3. The summed E-state index contributed by atoms with van der Waals surface area (Å²) in [4.78, 5) is 13.3. The lowest BCUT2D eigenvalue weighted by molar-refractivity contribution is 0.0515. The van der Waals surface area contributed by atoms with Crippen LogP contribution in [0.4, 0.5) is 0 Å². The number of ether oxygens (including phenoxy) is 1. The summed E-state index contributed by atoms with van der Waals surface area (Å²) in [5.74, 6) is 0.464. The van der Waals surface area contributed by atoms with E-state index in [1.807, 2.05) is 47.1 Å². The summed E-state index contributed by atoms with van der Waals surface area (Å²) in [5, 5.41) is 4.60. The number of hydrogen-bond acceptors (Lipinski definition) is 4. The van der Waals surface area contributed by atoms with Crippen molar-refractivity contribution in [3.63, 3.8) is 0 Å². The van der Waals surface area contributed by atoms with Crippen molar-refractivity contribution in [3.8, 4) is 16.9 Å². The average Bonchev–Trinajstić information content (AvgIpc) is 3.03. The van der Waals surface area contributed by atoms with Crippen LogP contribution in [-0.2, 0) is 10.5 Å². The SMILES string of the molecule is CCOC(=O)c1nn(-c2ccccc2)c2c1SCc1ccccc1-2. The maximum absolute atomic E-state index is 12.4. The van der Waals surface area contributed by atoms with Crippen LogP contribution in [-0.4, -0.2) is 22.4 Å². The van der Waals surface area contributed by atoms with E-state index < -0.39 is 0 Å². The van der Waals surface area contributed by atoms with E-state index in [2.05, 4.69) is 17.2 Å². The standard InChI is InChI=1S/C19H16N2O2S/c1-2-23-19(22)16-18-17(15-11-7-6-8-13(15)12-24-18)21(20-16)14-9-4-3-5-10-14/h3-11H,2,12H2,1H3. The van der Waals surface area contributed by atoms with E-state index in [0.29, 0.717) is 12.3 Å². The average molecular weight is 336 g/mol. The van der Waals surface area contributed by atoms with Crippen LogP contribution in [0.25, 0.3) is 16.9 Å². The number of carbonyl (C=O) groups excluding carboxylic acids is 1. The van der Waals surface area contributed by atoms with Crippen LogP contribution in [0.5, 0.6) is 0 Å². The summed E-state index contributed by atoms with van der Waals surface area (Å²) < 4.78 is 7.06. The molecule has 0 fully saturated rings. The second-order valence-corrected chi connectivity index (χ2v) is 6.43. The number of thioether (sulfide) groups is 1. The van der Waals surface area contributed by atoms with E-state index >= 15 is 0 Å². The fraction of sp³-hybridized carbons (Fsp3) is 0.158. The van der Waals surface area contributed by atoms with E-state index in [9.17, 15) is 4.79 Å². The Morgan fingerprint density at radius 1 is 1.17 bits per heavy atom.